The number of nitrogens with two attached hydrogens (primary N) is 1. The monoisotopic (exact) mass is 287 g/mol. The Bertz CT molecular complexity index is 594. The second-order valence-corrected chi connectivity index (χ2v) is 5.19. The van der Waals surface area contributed by atoms with Crippen molar-refractivity contribution in [1.82, 2.24) is 4.90 Å². The molecular formula is C16H21N3O2. The van der Waals surface area contributed by atoms with Gasteiger partial charge in [0.15, 0.2) is 0 Å². The van der Waals surface area contributed by atoms with Gasteiger partial charge in [-0.25, -0.2) is 0 Å². The van der Waals surface area contributed by atoms with E-state index in [9.17, 15) is 4.79 Å². The molecule has 0 unspecified atom stereocenters. The highest BCUT2D eigenvalue weighted by Crippen LogP contribution is 2.20. The van der Waals surface area contributed by atoms with Crippen LogP contribution < -0.4 is 11.1 Å². The van der Waals surface area contributed by atoms with Crippen molar-refractivity contribution in [3.8, 4) is 0 Å². The number of amides is 1. The maximum Gasteiger partial charge on any atom is 0.225 e. The first-order valence-electron chi connectivity index (χ1n) is 6.91. The van der Waals surface area contributed by atoms with Crippen molar-refractivity contribution in [3.05, 3.63) is 47.9 Å². The van der Waals surface area contributed by atoms with Crippen LogP contribution in [0.25, 0.3) is 0 Å². The van der Waals surface area contributed by atoms with Crippen molar-refractivity contribution in [3.63, 3.8) is 0 Å². The lowest BCUT2D eigenvalue weighted by Gasteiger charge is -2.16. The Labute approximate surface area is 124 Å². The summed E-state index contributed by atoms with van der Waals surface area (Å²) in [4.78, 5) is 14.1. The average Bonchev–Trinajstić information content (AvgIpc) is 2.94. The van der Waals surface area contributed by atoms with Crippen LogP contribution in [0.4, 0.5) is 11.4 Å². The van der Waals surface area contributed by atoms with Gasteiger partial charge in [-0.2, -0.15) is 0 Å². The molecule has 0 fully saturated rings. The molecule has 1 amide bonds. The van der Waals surface area contributed by atoms with E-state index in [0.29, 0.717) is 18.7 Å². The summed E-state index contributed by atoms with van der Waals surface area (Å²) in [5.41, 5.74) is 9.29. The first-order valence-corrected chi connectivity index (χ1v) is 6.91. The molecule has 0 bridgehead atoms. The standard InChI is InChI=1S/C16H21N3O2/c1-12-14(17)4-3-5-15(12)18-16(20)6-8-19(2)10-13-7-9-21-11-13/h3-5,7,9,11H,6,8,10,17H2,1-2H3,(H,18,20). The van der Waals surface area contributed by atoms with E-state index in [4.69, 9.17) is 10.2 Å². The van der Waals surface area contributed by atoms with Crippen molar-refractivity contribution in [2.75, 3.05) is 24.6 Å². The van der Waals surface area contributed by atoms with Crippen LogP contribution in [-0.2, 0) is 11.3 Å². The molecule has 5 heteroatoms. The van der Waals surface area contributed by atoms with Gasteiger partial charge >= 0.3 is 0 Å². The summed E-state index contributed by atoms with van der Waals surface area (Å²) in [5.74, 6) is -0.0113. The predicted molar refractivity (Wildman–Crippen MR) is 83.9 cm³/mol. The van der Waals surface area contributed by atoms with Gasteiger partial charge in [-0.05, 0) is 37.7 Å². The molecule has 112 valence electrons. The SMILES string of the molecule is Cc1c(N)cccc1NC(=O)CCN(C)Cc1ccoc1. The van der Waals surface area contributed by atoms with E-state index in [-0.39, 0.29) is 5.91 Å². The Morgan fingerprint density at radius 2 is 2.19 bits per heavy atom. The summed E-state index contributed by atoms with van der Waals surface area (Å²) in [6.07, 6.45) is 3.80. The van der Waals surface area contributed by atoms with Crippen LogP contribution in [0, 0.1) is 6.92 Å². The molecule has 3 N–H and O–H groups in total. The van der Waals surface area contributed by atoms with E-state index in [0.717, 1.165) is 23.4 Å². The largest absolute Gasteiger partial charge is 0.472 e. The predicted octanol–water partition coefficient (Wildman–Crippen LogP) is 2.63. The molecule has 0 aliphatic heterocycles. The van der Waals surface area contributed by atoms with Crippen molar-refractivity contribution >= 4 is 17.3 Å². The van der Waals surface area contributed by atoms with Crippen LogP contribution in [0.3, 0.4) is 0 Å². The van der Waals surface area contributed by atoms with Gasteiger partial charge in [0.05, 0.1) is 12.5 Å². The molecule has 0 aliphatic rings. The smallest absolute Gasteiger partial charge is 0.225 e. The molecule has 0 aliphatic carbocycles. The maximum atomic E-state index is 12.0. The van der Waals surface area contributed by atoms with Gasteiger partial charge in [0.25, 0.3) is 0 Å². The van der Waals surface area contributed by atoms with Crippen molar-refractivity contribution in [2.24, 2.45) is 0 Å². The van der Waals surface area contributed by atoms with Gasteiger partial charge < -0.3 is 20.4 Å². The second kappa shape index (κ2) is 6.95. The van der Waals surface area contributed by atoms with E-state index in [1.54, 1.807) is 12.5 Å². The zero-order valence-electron chi connectivity index (χ0n) is 12.4. The third-order valence-electron chi connectivity index (χ3n) is 3.40. The number of nitrogen functional groups attached to an aromatic ring is 1. The average molecular weight is 287 g/mol. The first-order chi connectivity index (χ1) is 10.1. The van der Waals surface area contributed by atoms with Gasteiger partial charge in [-0.1, -0.05) is 6.07 Å². The molecule has 0 saturated heterocycles. The molecule has 0 radical (unpaired) electrons. The number of carbonyl (C=O) groups is 1. The Morgan fingerprint density at radius 3 is 2.90 bits per heavy atom. The number of rotatable bonds is 6. The molecule has 2 rings (SSSR count). The van der Waals surface area contributed by atoms with E-state index in [1.165, 1.54) is 0 Å². The normalized spacial score (nSPS) is 10.8. The lowest BCUT2D eigenvalue weighted by atomic mass is 10.1. The fourth-order valence-electron chi connectivity index (χ4n) is 2.07. The topological polar surface area (TPSA) is 71.5 Å². The number of furan rings is 1. The van der Waals surface area contributed by atoms with Crippen molar-refractivity contribution < 1.29 is 9.21 Å². The maximum absolute atomic E-state index is 12.0. The van der Waals surface area contributed by atoms with Gasteiger partial charge in [0.1, 0.15) is 0 Å². The highest BCUT2D eigenvalue weighted by Gasteiger charge is 2.08. The van der Waals surface area contributed by atoms with E-state index in [2.05, 4.69) is 10.2 Å². The summed E-state index contributed by atoms with van der Waals surface area (Å²) in [6.45, 7) is 3.34. The van der Waals surface area contributed by atoms with Crippen LogP contribution in [-0.4, -0.2) is 24.4 Å². The summed E-state index contributed by atoms with van der Waals surface area (Å²) in [6, 6.07) is 7.44. The zero-order chi connectivity index (χ0) is 15.2. The minimum atomic E-state index is -0.0113. The van der Waals surface area contributed by atoms with Gasteiger partial charge in [-0.3, -0.25) is 4.79 Å². The van der Waals surface area contributed by atoms with Gasteiger partial charge in [0, 0.05) is 36.4 Å². The van der Waals surface area contributed by atoms with Crippen LogP contribution in [0.1, 0.15) is 17.5 Å². The molecule has 0 atom stereocenters. The number of carbonyl (C=O) groups excluding carboxylic acids is 1. The lowest BCUT2D eigenvalue weighted by molar-refractivity contribution is -0.116. The minimum Gasteiger partial charge on any atom is -0.472 e. The number of nitrogens with one attached hydrogen (secondary N) is 1. The Hall–Kier alpha value is -2.27. The van der Waals surface area contributed by atoms with Crippen LogP contribution in [0.15, 0.2) is 41.2 Å². The highest BCUT2D eigenvalue weighted by molar-refractivity contribution is 5.92. The first kappa shape index (κ1) is 15.1. The summed E-state index contributed by atoms with van der Waals surface area (Å²) < 4.78 is 5.03. The zero-order valence-corrected chi connectivity index (χ0v) is 12.4. The number of benzene rings is 1. The molecule has 21 heavy (non-hydrogen) atoms. The number of hydrogen-bond acceptors (Lipinski definition) is 4. The lowest BCUT2D eigenvalue weighted by Crippen LogP contribution is -2.24. The van der Waals surface area contributed by atoms with Crippen LogP contribution in [0.5, 0.6) is 0 Å². The van der Waals surface area contributed by atoms with Crippen molar-refractivity contribution in [1.29, 1.82) is 0 Å². The van der Waals surface area contributed by atoms with E-state index < -0.39 is 0 Å². The summed E-state index contributed by atoms with van der Waals surface area (Å²) in [5, 5.41) is 2.90. The van der Waals surface area contributed by atoms with Gasteiger partial charge in [0.2, 0.25) is 5.91 Å². The van der Waals surface area contributed by atoms with Crippen LogP contribution in [0.2, 0.25) is 0 Å². The summed E-state index contributed by atoms with van der Waals surface area (Å²) >= 11 is 0. The highest BCUT2D eigenvalue weighted by atomic mass is 16.3. The second-order valence-electron chi connectivity index (χ2n) is 5.19. The molecule has 5 nitrogen and oxygen atoms in total. The Balaban J connectivity index is 1.80. The summed E-state index contributed by atoms with van der Waals surface area (Å²) in [7, 11) is 1.98. The van der Waals surface area contributed by atoms with Crippen molar-refractivity contribution in [2.45, 2.75) is 19.9 Å². The number of hydrogen-bond donors (Lipinski definition) is 2. The molecule has 1 heterocycles. The molecule has 1 aromatic carbocycles. The molecule has 1 aromatic heterocycles. The Kier molecular flexibility index (Phi) is 5.00. The number of anilines is 2. The molecule has 0 saturated carbocycles. The molecule has 2 aromatic rings. The third-order valence-corrected chi connectivity index (χ3v) is 3.40. The van der Waals surface area contributed by atoms with E-state index >= 15 is 0 Å². The molecule has 0 spiro atoms. The number of nitrogens with zero attached hydrogens (tertiary/aromatic N) is 1. The van der Waals surface area contributed by atoms with Gasteiger partial charge in [-0.15, -0.1) is 0 Å². The third kappa shape index (κ3) is 4.36. The van der Waals surface area contributed by atoms with E-state index in [1.807, 2.05) is 38.2 Å². The quantitative estimate of drug-likeness (QED) is 0.801. The van der Waals surface area contributed by atoms with Crippen LogP contribution >= 0.6 is 0 Å². The molecular weight excluding hydrogens is 266 g/mol. The fourth-order valence-corrected chi connectivity index (χ4v) is 2.07. The Morgan fingerprint density at radius 1 is 1.38 bits per heavy atom. The minimum absolute atomic E-state index is 0.0113. The fraction of sp³-hybridized carbons (Fsp3) is 0.312.